The average Bonchev–Trinajstić information content (AvgIpc) is 3.24. The van der Waals surface area contributed by atoms with Crippen LogP contribution in [0.15, 0.2) is 36.4 Å². The molecule has 9 heteroatoms. The van der Waals surface area contributed by atoms with Gasteiger partial charge in [0.15, 0.2) is 11.5 Å². The zero-order chi connectivity index (χ0) is 26.9. The number of nitrogens with two attached hydrogens (primary N) is 1. The molecule has 208 valence electrons. The first-order valence-electron chi connectivity index (χ1n) is 13.6. The number of carbonyl (C=O) groups is 1. The van der Waals surface area contributed by atoms with Crippen molar-refractivity contribution in [3.8, 4) is 23.0 Å². The van der Waals surface area contributed by atoms with Gasteiger partial charge >= 0.3 is 0 Å². The number of nitrogens with one attached hydrogen (secondary N) is 1. The third-order valence-electron chi connectivity index (χ3n) is 6.93. The summed E-state index contributed by atoms with van der Waals surface area (Å²) in [5.41, 5.74) is 7.04. The van der Waals surface area contributed by atoms with Crippen LogP contribution in [0.4, 0.5) is 4.39 Å². The number of alkyl halides is 1. The van der Waals surface area contributed by atoms with Gasteiger partial charge in [0.05, 0.1) is 0 Å². The van der Waals surface area contributed by atoms with Crippen molar-refractivity contribution in [1.29, 1.82) is 0 Å². The number of piperidine rings is 1. The van der Waals surface area contributed by atoms with Gasteiger partial charge in [-0.05, 0) is 68.6 Å². The van der Waals surface area contributed by atoms with Crippen LogP contribution in [-0.4, -0.2) is 69.1 Å². The van der Waals surface area contributed by atoms with E-state index in [-0.39, 0.29) is 12.5 Å². The molecule has 0 bridgehead atoms. The fraction of sp³-hybridized carbons (Fsp3) is 0.552. The number of ether oxygens (including phenoxy) is 4. The molecule has 2 aromatic rings. The second-order valence-electron chi connectivity index (χ2n) is 9.90. The molecule has 2 atom stereocenters. The molecule has 38 heavy (non-hydrogen) atoms. The Morgan fingerprint density at radius 1 is 1.11 bits per heavy atom. The highest BCUT2D eigenvalue weighted by molar-refractivity contribution is 5.98. The summed E-state index contributed by atoms with van der Waals surface area (Å²) in [7, 11) is 1.76. The smallest absolute Gasteiger partial charge is 0.254 e. The molecule has 3 aliphatic rings. The quantitative estimate of drug-likeness (QED) is 0.505. The fourth-order valence-electron chi connectivity index (χ4n) is 4.75. The minimum absolute atomic E-state index is 0.0174. The van der Waals surface area contributed by atoms with E-state index >= 15 is 0 Å². The van der Waals surface area contributed by atoms with E-state index in [0.29, 0.717) is 43.6 Å². The van der Waals surface area contributed by atoms with Crippen molar-refractivity contribution in [2.24, 2.45) is 5.73 Å². The Balaban J connectivity index is 0.000000180. The molecule has 0 spiro atoms. The fourth-order valence-corrected chi connectivity index (χ4v) is 4.75. The molecular weight excluding hydrogens is 489 g/mol. The molecule has 0 saturated carbocycles. The van der Waals surface area contributed by atoms with Crippen molar-refractivity contribution in [3.63, 3.8) is 0 Å². The lowest BCUT2D eigenvalue weighted by Gasteiger charge is -2.25. The predicted molar refractivity (Wildman–Crippen MR) is 144 cm³/mol. The maximum Gasteiger partial charge on any atom is 0.254 e. The number of fused-ring (bicyclic) bond motifs is 2. The van der Waals surface area contributed by atoms with Crippen molar-refractivity contribution in [2.45, 2.75) is 64.0 Å². The van der Waals surface area contributed by atoms with Crippen molar-refractivity contribution in [1.82, 2.24) is 10.2 Å². The van der Waals surface area contributed by atoms with Crippen molar-refractivity contribution >= 4 is 5.91 Å². The minimum atomic E-state index is -1.19. The number of halogens is 1. The summed E-state index contributed by atoms with van der Waals surface area (Å²) in [5.74, 6) is 3.00. The number of nitrogens with zero attached hydrogens (tertiary/aromatic N) is 1. The van der Waals surface area contributed by atoms with Crippen molar-refractivity contribution in [2.75, 3.05) is 39.9 Å². The first-order chi connectivity index (χ1) is 18.5. The molecule has 3 heterocycles. The van der Waals surface area contributed by atoms with Crippen LogP contribution in [0.25, 0.3) is 0 Å². The van der Waals surface area contributed by atoms with Crippen molar-refractivity contribution in [3.05, 3.63) is 47.5 Å². The molecule has 8 nitrogen and oxygen atoms in total. The summed E-state index contributed by atoms with van der Waals surface area (Å²) in [6.07, 6.45) is 3.19. The van der Waals surface area contributed by atoms with Gasteiger partial charge in [-0.25, -0.2) is 4.39 Å². The minimum Gasteiger partial charge on any atom is -0.490 e. The number of hydrogen-bond donors (Lipinski definition) is 2. The van der Waals surface area contributed by atoms with E-state index in [4.69, 9.17) is 24.7 Å². The molecule has 0 radical (unpaired) electrons. The lowest BCUT2D eigenvalue weighted by atomic mass is 10.1. The average molecular weight is 530 g/mol. The highest BCUT2D eigenvalue weighted by Gasteiger charge is 2.26. The summed E-state index contributed by atoms with van der Waals surface area (Å²) in [6.45, 7) is 5.93. The highest BCUT2D eigenvalue weighted by Crippen LogP contribution is 2.34. The lowest BCUT2D eigenvalue weighted by molar-refractivity contribution is 0.0813. The molecule has 2 aromatic carbocycles. The van der Waals surface area contributed by atoms with Crippen molar-refractivity contribution < 1.29 is 28.1 Å². The molecular formula is C29H40FN3O5. The van der Waals surface area contributed by atoms with Crippen LogP contribution in [0.2, 0.25) is 0 Å². The Morgan fingerprint density at radius 3 is 2.58 bits per heavy atom. The Hall–Kier alpha value is -3.04. The van der Waals surface area contributed by atoms with Gasteiger partial charge in [0.25, 0.3) is 5.91 Å². The molecule has 0 aliphatic carbocycles. The summed E-state index contributed by atoms with van der Waals surface area (Å²) in [6, 6.07) is 11.2. The molecule has 0 unspecified atom stereocenters. The van der Waals surface area contributed by atoms with Crippen LogP contribution < -0.4 is 30.0 Å². The Morgan fingerprint density at radius 2 is 1.84 bits per heavy atom. The number of unbranched alkanes of at least 4 members (excludes halogenated alkanes) is 1. The normalized spacial score (nSPS) is 18.2. The predicted octanol–water partition coefficient (Wildman–Crippen LogP) is 4.10. The van der Waals surface area contributed by atoms with Crippen LogP contribution >= 0.6 is 0 Å². The summed E-state index contributed by atoms with van der Waals surface area (Å²) in [5, 5.41) is 3.33. The third kappa shape index (κ3) is 7.29. The third-order valence-corrected chi connectivity index (χ3v) is 6.93. The number of rotatable bonds is 9. The topological polar surface area (TPSA) is 95.3 Å². The van der Waals surface area contributed by atoms with E-state index in [2.05, 4.69) is 12.2 Å². The first kappa shape index (κ1) is 28.0. The van der Waals surface area contributed by atoms with Gasteiger partial charge in [-0.2, -0.15) is 0 Å². The molecule has 1 fully saturated rings. The van der Waals surface area contributed by atoms with Gasteiger partial charge in [-0.15, -0.1) is 0 Å². The van der Waals surface area contributed by atoms with Crippen LogP contribution in [-0.2, 0) is 6.54 Å². The summed E-state index contributed by atoms with van der Waals surface area (Å²) < 4.78 is 36.6. The van der Waals surface area contributed by atoms with E-state index in [1.807, 2.05) is 24.3 Å². The van der Waals surface area contributed by atoms with Gasteiger partial charge in [-0.3, -0.25) is 4.79 Å². The van der Waals surface area contributed by atoms with E-state index in [0.717, 1.165) is 61.6 Å². The second-order valence-corrected chi connectivity index (χ2v) is 9.90. The number of carbonyl (C=O) groups excluding carboxylic acids is 1. The highest BCUT2D eigenvalue weighted by atomic mass is 19.1. The SMILES string of the molecule is CCCC[C@@H](Oc1ccc2c(c1)C(=O)N(C)C2)[C@@H](F)CN.c1cc2c(cc1OC1CCNCC1)OCCO2. The van der Waals surface area contributed by atoms with E-state index < -0.39 is 12.3 Å². The molecule has 1 saturated heterocycles. The van der Waals surface area contributed by atoms with Gasteiger partial charge in [-0.1, -0.05) is 19.4 Å². The van der Waals surface area contributed by atoms with Crippen LogP contribution in [0, 0.1) is 0 Å². The van der Waals surface area contributed by atoms with Gasteiger partial charge in [0, 0.05) is 31.8 Å². The maximum absolute atomic E-state index is 13.9. The largest absolute Gasteiger partial charge is 0.490 e. The number of hydrogen-bond acceptors (Lipinski definition) is 7. The number of amides is 1. The van der Waals surface area contributed by atoms with Gasteiger partial charge in [0.1, 0.15) is 43.1 Å². The molecule has 0 aromatic heterocycles. The van der Waals surface area contributed by atoms with Crippen LogP contribution in [0.1, 0.15) is 54.9 Å². The van der Waals surface area contributed by atoms with E-state index in [1.165, 1.54) is 0 Å². The Kier molecular flexibility index (Phi) is 10.1. The van der Waals surface area contributed by atoms with Crippen LogP contribution in [0.3, 0.4) is 0 Å². The van der Waals surface area contributed by atoms with Gasteiger partial charge < -0.3 is 34.9 Å². The summed E-state index contributed by atoms with van der Waals surface area (Å²) in [4.78, 5) is 13.6. The Labute approximate surface area is 224 Å². The maximum atomic E-state index is 13.9. The molecule has 3 aliphatic heterocycles. The second kappa shape index (κ2) is 13.7. The first-order valence-corrected chi connectivity index (χ1v) is 13.6. The molecule has 1 amide bonds. The zero-order valence-corrected chi connectivity index (χ0v) is 22.4. The van der Waals surface area contributed by atoms with Crippen LogP contribution in [0.5, 0.6) is 23.0 Å². The standard InChI is InChI=1S/C16H23FN2O2.C13H17NO3/c1-3-4-5-15(14(17)9-18)21-12-7-6-11-10-19(2)16(20)13(11)8-12;1-2-12-13(16-8-7-15-12)9-11(1)17-10-3-5-14-6-4-10/h6-8,14-15H,3-5,9-10,18H2,1-2H3;1-2,9-10,14H,3-8H2/t14-,15+;/m0./s1. The van der Waals surface area contributed by atoms with Gasteiger partial charge in [0.2, 0.25) is 0 Å². The lowest BCUT2D eigenvalue weighted by Crippen LogP contribution is -2.34. The monoisotopic (exact) mass is 529 g/mol. The van der Waals surface area contributed by atoms with E-state index in [1.54, 1.807) is 24.1 Å². The summed E-state index contributed by atoms with van der Waals surface area (Å²) >= 11 is 0. The molecule has 5 rings (SSSR count). The van der Waals surface area contributed by atoms with E-state index in [9.17, 15) is 9.18 Å². The molecule has 3 N–H and O–H groups in total. The Bertz CT molecular complexity index is 1060. The number of benzene rings is 2. The zero-order valence-electron chi connectivity index (χ0n) is 22.4.